The van der Waals surface area contributed by atoms with Gasteiger partial charge in [-0.2, -0.15) is 0 Å². The van der Waals surface area contributed by atoms with Gasteiger partial charge in [-0.3, -0.25) is 4.79 Å². The standard InChI is InChI=1S/C18H18ClNO6S/c1-9-7-11(19)5-6-12(9)26-8-13(21)20-16-14(17(22)24-3)10(2)15(27-16)18(23)25-4/h5-7H,8H2,1-4H3,(H,20,21). The van der Waals surface area contributed by atoms with E-state index < -0.39 is 17.8 Å². The topological polar surface area (TPSA) is 90.9 Å². The summed E-state index contributed by atoms with van der Waals surface area (Å²) in [6.07, 6.45) is 0. The average Bonchev–Trinajstić information content (AvgIpc) is 2.95. The summed E-state index contributed by atoms with van der Waals surface area (Å²) in [5.74, 6) is -1.24. The molecule has 27 heavy (non-hydrogen) atoms. The van der Waals surface area contributed by atoms with Gasteiger partial charge < -0.3 is 19.5 Å². The lowest BCUT2D eigenvalue weighted by Gasteiger charge is -2.10. The van der Waals surface area contributed by atoms with E-state index in [-0.39, 0.29) is 22.0 Å². The van der Waals surface area contributed by atoms with Crippen LogP contribution in [0.15, 0.2) is 18.2 Å². The summed E-state index contributed by atoms with van der Waals surface area (Å²) >= 11 is 6.82. The van der Waals surface area contributed by atoms with Gasteiger partial charge in [-0.25, -0.2) is 9.59 Å². The number of carbonyl (C=O) groups excluding carboxylic acids is 3. The number of hydrogen-bond donors (Lipinski definition) is 1. The maximum Gasteiger partial charge on any atom is 0.348 e. The molecule has 1 amide bonds. The van der Waals surface area contributed by atoms with Gasteiger partial charge >= 0.3 is 11.9 Å². The molecule has 0 saturated carbocycles. The number of benzene rings is 1. The summed E-state index contributed by atoms with van der Waals surface area (Å²) in [6.45, 7) is 3.10. The van der Waals surface area contributed by atoms with Crippen molar-refractivity contribution in [1.29, 1.82) is 0 Å². The lowest BCUT2D eigenvalue weighted by atomic mass is 10.1. The fourth-order valence-electron chi connectivity index (χ4n) is 2.32. The number of carbonyl (C=O) groups is 3. The van der Waals surface area contributed by atoms with E-state index >= 15 is 0 Å². The van der Waals surface area contributed by atoms with Crippen LogP contribution in [0, 0.1) is 13.8 Å². The highest BCUT2D eigenvalue weighted by molar-refractivity contribution is 7.18. The second kappa shape index (κ2) is 8.88. The Morgan fingerprint density at radius 3 is 2.37 bits per heavy atom. The minimum absolute atomic E-state index is 0.110. The highest BCUT2D eigenvalue weighted by Crippen LogP contribution is 2.34. The van der Waals surface area contributed by atoms with Crippen molar-refractivity contribution in [3.8, 4) is 5.75 Å². The number of thiophene rings is 1. The Morgan fingerprint density at radius 2 is 1.78 bits per heavy atom. The van der Waals surface area contributed by atoms with Gasteiger partial charge in [-0.1, -0.05) is 11.6 Å². The molecule has 7 nitrogen and oxygen atoms in total. The Kier molecular flexibility index (Phi) is 6.81. The maximum absolute atomic E-state index is 12.3. The maximum atomic E-state index is 12.3. The number of rotatable bonds is 6. The summed E-state index contributed by atoms with van der Waals surface area (Å²) < 4.78 is 14.9. The summed E-state index contributed by atoms with van der Waals surface area (Å²) in [5, 5.41) is 3.35. The molecule has 1 heterocycles. The third kappa shape index (κ3) is 4.78. The fourth-order valence-corrected chi connectivity index (χ4v) is 3.67. The van der Waals surface area contributed by atoms with Crippen LogP contribution in [0.2, 0.25) is 5.02 Å². The van der Waals surface area contributed by atoms with Crippen LogP contribution in [-0.2, 0) is 14.3 Å². The zero-order valence-corrected chi connectivity index (χ0v) is 16.7. The molecule has 0 fully saturated rings. The Labute approximate surface area is 165 Å². The Morgan fingerprint density at radius 1 is 1.11 bits per heavy atom. The highest BCUT2D eigenvalue weighted by atomic mass is 35.5. The molecule has 1 aromatic carbocycles. The van der Waals surface area contributed by atoms with Crippen LogP contribution in [0.5, 0.6) is 5.75 Å². The van der Waals surface area contributed by atoms with Crippen LogP contribution < -0.4 is 10.1 Å². The van der Waals surface area contributed by atoms with Crippen molar-refractivity contribution in [1.82, 2.24) is 0 Å². The second-order valence-corrected chi connectivity index (χ2v) is 6.95. The van der Waals surface area contributed by atoms with E-state index in [1.807, 2.05) is 0 Å². The van der Waals surface area contributed by atoms with Gasteiger partial charge in [0.25, 0.3) is 5.91 Å². The molecule has 144 valence electrons. The lowest BCUT2D eigenvalue weighted by molar-refractivity contribution is -0.118. The van der Waals surface area contributed by atoms with Crippen molar-refractivity contribution < 1.29 is 28.6 Å². The molecule has 9 heteroatoms. The summed E-state index contributed by atoms with van der Waals surface area (Å²) in [7, 11) is 2.45. The van der Waals surface area contributed by atoms with Gasteiger partial charge in [-0.05, 0) is 43.2 Å². The molecule has 0 unspecified atom stereocenters. The van der Waals surface area contributed by atoms with E-state index in [1.165, 1.54) is 14.2 Å². The first-order chi connectivity index (χ1) is 12.8. The number of ether oxygens (including phenoxy) is 3. The van der Waals surface area contributed by atoms with Gasteiger partial charge in [0.15, 0.2) is 6.61 Å². The fraction of sp³-hybridized carbons (Fsp3) is 0.278. The molecule has 0 atom stereocenters. The lowest BCUT2D eigenvalue weighted by Crippen LogP contribution is -2.21. The van der Waals surface area contributed by atoms with E-state index in [0.717, 1.165) is 16.9 Å². The van der Waals surface area contributed by atoms with Gasteiger partial charge in [0, 0.05) is 5.02 Å². The summed E-state index contributed by atoms with van der Waals surface area (Å²) in [4.78, 5) is 36.4. The van der Waals surface area contributed by atoms with E-state index in [4.69, 9.17) is 25.8 Å². The number of hydrogen-bond acceptors (Lipinski definition) is 7. The second-order valence-electron chi connectivity index (χ2n) is 5.49. The number of methoxy groups -OCH3 is 2. The molecule has 0 aliphatic carbocycles. The number of nitrogens with one attached hydrogen (secondary N) is 1. The van der Waals surface area contributed by atoms with E-state index in [0.29, 0.717) is 16.3 Å². The van der Waals surface area contributed by atoms with Gasteiger partial charge in [0.2, 0.25) is 0 Å². The highest BCUT2D eigenvalue weighted by Gasteiger charge is 2.26. The zero-order valence-electron chi connectivity index (χ0n) is 15.2. The Hall–Kier alpha value is -2.58. The third-order valence-electron chi connectivity index (χ3n) is 3.66. The van der Waals surface area contributed by atoms with Gasteiger partial charge in [0.1, 0.15) is 15.6 Å². The van der Waals surface area contributed by atoms with Crippen molar-refractivity contribution in [2.24, 2.45) is 0 Å². The molecular formula is C18H18ClNO6S. The van der Waals surface area contributed by atoms with Crippen molar-refractivity contribution in [3.63, 3.8) is 0 Å². The number of anilines is 1. The predicted octanol–water partition coefficient (Wildman–Crippen LogP) is 3.61. The van der Waals surface area contributed by atoms with Gasteiger partial charge in [0.05, 0.1) is 19.8 Å². The van der Waals surface area contributed by atoms with Crippen molar-refractivity contribution in [3.05, 3.63) is 44.8 Å². The first-order valence-corrected chi connectivity index (χ1v) is 8.96. The number of esters is 2. The van der Waals surface area contributed by atoms with Crippen LogP contribution >= 0.6 is 22.9 Å². The summed E-state index contributed by atoms with van der Waals surface area (Å²) in [5.41, 5.74) is 1.27. The normalized spacial score (nSPS) is 10.3. The van der Waals surface area contributed by atoms with Crippen LogP contribution in [0.25, 0.3) is 0 Å². The molecule has 0 aliphatic rings. The quantitative estimate of drug-likeness (QED) is 0.730. The van der Waals surface area contributed by atoms with Crippen molar-refractivity contribution >= 4 is 45.8 Å². The Bertz CT molecular complexity index is 892. The number of amides is 1. The van der Waals surface area contributed by atoms with Crippen LogP contribution in [0.1, 0.15) is 31.2 Å². The molecule has 1 N–H and O–H groups in total. The van der Waals surface area contributed by atoms with Gasteiger partial charge in [-0.15, -0.1) is 11.3 Å². The summed E-state index contributed by atoms with van der Waals surface area (Å²) in [6, 6.07) is 5.04. The zero-order chi connectivity index (χ0) is 20.1. The number of aryl methyl sites for hydroxylation is 1. The number of halogens is 1. The van der Waals surface area contributed by atoms with E-state index in [2.05, 4.69) is 5.32 Å². The molecule has 0 radical (unpaired) electrons. The third-order valence-corrected chi connectivity index (χ3v) is 5.08. The molecule has 0 spiro atoms. The first kappa shape index (κ1) is 20.7. The van der Waals surface area contributed by atoms with Crippen LogP contribution in [0.3, 0.4) is 0 Å². The molecule has 2 aromatic rings. The minimum atomic E-state index is -0.663. The largest absolute Gasteiger partial charge is 0.483 e. The molecule has 0 saturated heterocycles. The average molecular weight is 412 g/mol. The van der Waals surface area contributed by atoms with E-state index in [1.54, 1.807) is 32.0 Å². The SMILES string of the molecule is COC(=O)c1sc(NC(=O)COc2ccc(Cl)cc2C)c(C(=O)OC)c1C. The smallest absolute Gasteiger partial charge is 0.348 e. The van der Waals surface area contributed by atoms with Crippen LogP contribution in [-0.4, -0.2) is 38.7 Å². The first-order valence-electron chi connectivity index (χ1n) is 7.77. The van der Waals surface area contributed by atoms with Crippen LogP contribution in [0.4, 0.5) is 5.00 Å². The molecule has 0 bridgehead atoms. The predicted molar refractivity (Wildman–Crippen MR) is 102 cm³/mol. The van der Waals surface area contributed by atoms with E-state index in [9.17, 15) is 14.4 Å². The molecule has 1 aromatic heterocycles. The van der Waals surface area contributed by atoms with Crippen molar-refractivity contribution in [2.75, 3.05) is 26.1 Å². The molecule has 0 aliphatic heterocycles. The molecule has 2 rings (SSSR count). The molecular weight excluding hydrogens is 394 g/mol. The Balaban J connectivity index is 2.18. The van der Waals surface area contributed by atoms with Crippen molar-refractivity contribution in [2.45, 2.75) is 13.8 Å². The minimum Gasteiger partial charge on any atom is -0.483 e. The monoisotopic (exact) mass is 411 g/mol.